The maximum absolute atomic E-state index is 12.4. The zero-order valence-corrected chi connectivity index (χ0v) is 18.0. The molecule has 0 unspecified atom stereocenters. The molecule has 0 saturated carbocycles. The third-order valence-corrected chi connectivity index (χ3v) is 4.81. The number of rotatable bonds is 9. The summed E-state index contributed by atoms with van der Waals surface area (Å²) in [4.78, 5) is 28.9. The number of nitrogens with zero attached hydrogens (tertiary/aromatic N) is 1. The Kier molecular flexibility index (Phi) is 7.93. The molecule has 0 aliphatic rings. The number of hydrogen-bond acceptors (Lipinski definition) is 5. The number of unbranched alkanes of at least 4 members (excludes halogenated alkanes) is 1. The first-order valence-electron chi connectivity index (χ1n) is 10.7. The maximum atomic E-state index is 12.4. The second kappa shape index (κ2) is 11.1. The van der Waals surface area contributed by atoms with Crippen LogP contribution < -0.4 is 4.74 Å². The Hall–Kier alpha value is -3.47. The van der Waals surface area contributed by atoms with E-state index in [0.29, 0.717) is 23.5 Å². The van der Waals surface area contributed by atoms with Crippen molar-refractivity contribution in [2.24, 2.45) is 0 Å². The van der Waals surface area contributed by atoms with Crippen molar-refractivity contribution in [3.05, 3.63) is 83.6 Å². The van der Waals surface area contributed by atoms with E-state index in [4.69, 9.17) is 9.47 Å². The van der Waals surface area contributed by atoms with Gasteiger partial charge in [0, 0.05) is 11.8 Å². The zero-order chi connectivity index (χ0) is 22.1. The quantitative estimate of drug-likeness (QED) is 0.247. The molecule has 0 saturated heterocycles. The van der Waals surface area contributed by atoms with E-state index in [1.54, 1.807) is 36.4 Å². The number of aromatic nitrogens is 1. The highest BCUT2D eigenvalue weighted by Crippen LogP contribution is 2.20. The number of pyridine rings is 1. The van der Waals surface area contributed by atoms with Crippen LogP contribution in [0.1, 0.15) is 59.4 Å². The van der Waals surface area contributed by atoms with Crippen LogP contribution in [0.25, 0.3) is 11.3 Å². The second-order valence-electron chi connectivity index (χ2n) is 7.28. The third-order valence-electron chi connectivity index (χ3n) is 4.81. The molecular formula is C26H27NO4. The predicted octanol–water partition coefficient (Wildman–Crippen LogP) is 5.88. The van der Waals surface area contributed by atoms with Crippen molar-refractivity contribution >= 4 is 11.9 Å². The number of ether oxygens (including phenoxy) is 2. The minimum atomic E-state index is -0.462. The molecule has 5 heteroatoms. The zero-order valence-electron chi connectivity index (χ0n) is 18.0. The van der Waals surface area contributed by atoms with Crippen LogP contribution in [0.2, 0.25) is 0 Å². The van der Waals surface area contributed by atoms with Crippen LogP contribution in [0.4, 0.5) is 0 Å². The van der Waals surface area contributed by atoms with Gasteiger partial charge in [0.25, 0.3) is 0 Å². The van der Waals surface area contributed by atoms with Crippen molar-refractivity contribution in [1.82, 2.24) is 4.98 Å². The van der Waals surface area contributed by atoms with Crippen molar-refractivity contribution in [2.45, 2.75) is 39.5 Å². The van der Waals surface area contributed by atoms with Gasteiger partial charge in [-0.15, -0.1) is 0 Å². The van der Waals surface area contributed by atoms with Gasteiger partial charge < -0.3 is 9.47 Å². The summed E-state index contributed by atoms with van der Waals surface area (Å²) < 4.78 is 10.6. The van der Waals surface area contributed by atoms with Crippen LogP contribution in [0.5, 0.6) is 5.75 Å². The highest BCUT2D eigenvalue weighted by Gasteiger charge is 2.11. The minimum Gasteiger partial charge on any atom is -0.462 e. The summed E-state index contributed by atoms with van der Waals surface area (Å²) in [6, 6.07) is 17.6. The Bertz CT molecular complexity index is 993. The standard InChI is InChI=1S/C26H27NO4/c1-3-5-17-30-25(28)21-12-14-23(15-13-21)31-26(29)22-10-8-20(9-11-22)24-16-7-19(6-4-2)18-27-24/h7-16,18H,3-6,17H2,1-2H3. The van der Waals surface area contributed by atoms with Gasteiger partial charge in [-0.25, -0.2) is 9.59 Å². The van der Waals surface area contributed by atoms with Crippen LogP contribution in [0.15, 0.2) is 66.9 Å². The Morgan fingerprint density at radius 1 is 0.806 bits per heavy atom. The minimum absolute atomic E-state index is 0.368. The maximum Gasteiger partial charge on any atom is 0.343 e. The van der Waals surface area contributed by atoms with Gasteiger partial charge in [-0.2, -0.15) is 0 Å². The fraction of sp³-hybridized carbons (Fsp3) is 0.269. The van der Waals surface area contributed by atoms with Gasteiger partial charge >= 0.3 is 11.9 Å². The van der Waals surface area contributed by atoms with E-state index < -0.39 is 5.97 Å². The van der Waals surface area contributed by atoms with Crippen molar-refractivity contribution in [1.29, 1.82) is 0 Å². The number of esters is 2. The van der Waals surface area contributed by atoms with Crippen LogP contribution in [0, 0.1) is 0 Å². The summed E-state index contributed by atoms with van der Waals surface area (Å²) in [6.07, 6.45) is 5.79. The smallest absolute Gasteiger partial charge is 0.343 e. The van der Waals surface area contributed by atoms with E-state index in [0.717, 1.165) is 36.9 Å². The summed E-state index contributed by atoms with van der Waals surface area (Å²) in [5.41, 5.74) is 3.88. The first-order valence-corrected chi connectivity index (χ1v) is 10.7. The first-order chi connectivity index (χ1) is 15.1. The van der Waals surface area contributed by atoms with E-state index in [1.807, 2.05) is 31.3 Å². The molecule has 31 heavy (non-hydrogen) atoms. The molecule has 2 aromatic carbocycles. The largest absolute Gasteiger partial charge is 0.462 e. The molecule has 0 fully saturated rings. The number of benzene rings is 2. The van der Waals surface area contributed by atoms with E-state index >= 15 is 0 Å². The summed E-state index contributed by atoms with van der Waals surface area (Å²) >= 11 is 0. The predicted molar refractivity (Wildman–Crippen MR) is 120 cm³/mol. The molecule has 1 heterocycles. The average Bonchev–Trinajstić information content (AvgIpc) is 2.80. The molecule has 0 N–H and O–H groups in total. The van der Waals surface area contributed by atoms with Gasteiger partial charge in [0.15, 0.2) is 0 Å². The number of hydrogen-bond donors (Lipinski definition) is 0. The van der Waals surface area contributed by atoms with E-state index in [1.165, 1.54) is 5.56 Å². The van der Waals surface area contributed by atoms with Crippen LogP contribution in [-0.4, -0.2) is 23.5 Å². The molecule has 0 aliphatic carbocycles. The highest BCUT2D eigenvalue weighted by atomic mass is 16.5. The lowest BCUT2D eigenvalue weighted by Gasteiger charge is -2.07. The Balaban J connectivity index is 1.59. The lowest BCUT2D eigenvalue weighted by Crippen LogP contribution is -2.09. The van der Waals surface area contributed by atoms with Gasteiger partial charge in [0.2, 0.25) is 0 Å². The van der Waals surface area contributed by atoms with Crippen molar-refractivity contribution in [2.75, 3.05) is 6.61 Å². The lowest BCUT2D eigenvalue weighted by molar-refractivity contribution is 0.0499. The Morgan fingerprint density at radius 2 is 1.48 bits per heavy atom. The summed E-state index contributed by atoms with van der Waals surface area (Å²) in [7, 11) is 0. The summed E-state index contributed by atoms with van der Waals surface area (Å²) in [5.74, 6) is -0.471. The average molecular weight is 418 g/mol. The molecule has 3 rings (SSSR count). The van der Waals surface area contributed by atoms with Gasteiger partial charge in [-0.3, -0.25) is 4.98 Å². The normalized spacial score (nSPS) is 10.5. The Labute approximate surface area is 183 Å². The summed E-state index contributed by atoms with van der Waals surface area (Å²) in [5, 5.41) is 0. The molecular weight excluding hydrogens is 390 g/mol. The molecule has 0 bridgehead atoms. The SMILES string of the molecule is CCCCOC(=O)c1ccc(OC(=O)c2ccc(-c3ccc(CCC)cn3)cc2)cc1. The first kappa shape index (κ1) is 22.2. The third kappa shape index (κ3) is 6.25. The monoisotopic (exact) mass is 417 g/mol. The van der Waals surface area contributed by atoms with Crippen molar-refractivity contribution in [3.63, 3.8) is 0 Å². The lowest BCUT2D eigenvalue weighted by atomic mass is 10.1. The van der Waals surface area contributed by atoms with Gasteiger partial charge in [-0.05, 0) is 60.9 Å². The van der Waals surface area contributed by atoms with Crippen LogP contribution >= 0.6 is 0 Å². The van der Waals surface area contributed by atoms with E-state index in [2.05, 4.69) is 18.0 Å². The van der Waals surface area contributed by atoms with Gasteiger partial charge in [-0.1, -0.05) is 44.9 Å². The summed E-state index contributed by atoms with van der Waals surface area (Å²) in [6.45, 7) is 4.58. The molecule has 0 atom stereocenters. The van der Waals surface area contributed by atoms with Crippen molar-refractivity contribution in [3.8, 4) is 17.0 Å². The van der Waals surface area contributed by atoms with E-state index in [9.17, 15) is 9.59 Å². The molecule has 0 spiro atoms. The number of carbonyl (C=O) groups is 2. The van der Waals surface area contributed by atoms with Gasteiger partial charge in [0.1, 0.15) is 5.75 Å². The van der Waals surface area contributed by atoms with E-state index in [-0.39, 0.29) is 5.97 Å². The molecule has 5 nitrogen and oxygen atoms in total. The van der Waals surface area contributed by atoms with Crippen molar-refractivity contribution < 1.29 is 19.1 Å². The second-order valence-corrected chi connectivity index (χ2v) is 7.28. The van der Waals surface area contributed by atoms with Crippen LogP contribution in [-0.2, 0) is 11.2 Å². The van der Waals surface area contributed by atoms with Crippen LogP contribution in [0.3, 0.4) is 0 Å². The fourth-order valence-electron chi connectivity index (χ4n) is 3.03. The topological polar surface area (TPSA) is 65.5 Å². The number of aryl methyl sites for hydroxylation is 1. The molecule has 0 radical (unpaired) electrons. The Morgan fingerprint density at radius 3 is 2.10 bits per heavy atom. The molecule has 0 amide bonds. The fourth-order valence-corrected chi connectivity index (χ4v) is 3.03. The molecule has 160 valence electrons. The molecule has 1 aromatic heterocycles. The molecule has 0 aliphatic heterocycles. The number of carbonyl (C=O) groups excluding carboxylic acids is 2. The highest BCUT2D eigenvalue weighted by molar-refractivity contribution is 5.92. The molecule has 3 aromatic rings. The van der Waals surface area contributed by atoms with Gasteiger partial charge in [0.05, 0.1) is 23.4 Å².